The minimum absolute atomic E-state index is 0.111. The van der Waals surface area contributed by atoms with Crippen molar-refractivity contribution in [3.63, 3.8) is 0 Å². The van der Waals surface area contributed by atoms with Gasteiger partial charge in [0.1, 0.15) is 5.82 Å². The van der Waals surface area contributed by atoms with E-state index < -0.39 is 0 Å². The lowest BCUT2D eigenvalue weighted by Gasteiger charge is -2.23. The maximum absolute atomic E-state index is 4.74. The molecule has 0 atom stereocenters. The van der Waals surface area contributed by atoms with Gasteiger partial charge in [0.25, 0.3) is 0 Å². The summed E-state index contributed by atoms with van der Waals surface area (Å²) in [5.74, 6) is 1.04. The molecule has 1 saturated heterocycles. The molecule has 0 radical (unpaired) electrons. The van der Waals surface area contributed by atoms with Crippen LogP contribution in [-0.4, -0.2) is 28.6 Å². The third kappa shape index (κ3) is 4.78. The van der Waals surface area contributed by atoms with Gasteiger partial charge in [-0.25, -0.2) is 4.98 Å². The van der Waals surface area contributed by atoms with Crippen LogP contribution in [0.25, 0.3) is 0 Å². The van der Waals surface area contributed by atoms with Crippen molar-refractivity contribution in [3.05, 3.63) is 18.1 Å². The Labute approximate surface area is 116 Å². The fourth-order valence-electron chi connectivity index (χ4n) is 2.29. The Balaban J connectivity index is 2.01. The van der Waals surface area contributed by atoms with Crippen LogP contribution < -0.4 is 10.2 Å². The van der Waals surface area contributed by atoms with Crippen molar-refractivity contribution in [2.75, 3.05) is 18.0 Å². The van der Waals surface area contributed by atoms with Crippen molar-refractivity contribution in [1.29, 1.82) is 0 Å². The van der Waals surface area contributed by atoms with Crippen LogP contribution in [0.2, 0.25) is 0 Å². The zero-order valence-corrected chi connectivity index (χ0v) is 12.4. The van der Waals surface area contributed by atoms with Gasteiger partial charge in [0.05, 0.1) is 11.9 Å². The Morgan fingerprint density at radius 3 is 2.42 bits per heavy atom. The van der Waals surface area contributed by atoms with Crippen molar-refractivity contribution in [2.24, 2.45) is 0 Å². The van der Waals surface area contributed by atoms with E-state index in [2.05, 4.69) is 36.0 Å². The number of hydrogen-bond acceptors (Lipinski definition) is 4. The summed E-state index contributed by atoms with van der Waals surface area (Å²) in [5, 5.41) is 3.46. The van der Waals surface area contributed by atoms with Crippen LogP contribution >= 0.6 is 0 Å². The van der Waals surface area contributed by atoms with Gasteiger partial charge in [-0.1, -0.05) is 12.8 Å². The molecule has 0 amide bonds. The lowest BCUT2D eigenvalue weighted by molar-refractivity contribution is 0.421. The third-order valence-electron chi connectivity index (χ3n) is 3.40. The van der Waals surface area contributed by atoms with Crippen LogP contribution in [0.1, 0.15) is 52.1 Å². The van der Waals surface area contributed by atoms with Gasteiger partial charge >= 0.3 is 0 Å². The van der Waals surface area contributed by atoms with Gasteiger partial charge in [-0.05, 0) is 33.6 Å². The van der Waals surface area contributed by atoms with Crippen LogP contribution in [-0.2, 0) is 6.54 Å². The van der Waals surface area contributed by atoms with Crippen molar-refractivity contribution in [2.45, 2.75) is 58.5 Å². The molecule has 1 aliphatic heterocycles. The van der Waals surface area contributed by atoms with Gasteiger partial charge in [-0.15, -0.1) is 0 Å². The summed E-state index contributed by atoms with van der Waals surface area (Å²) in [7, 11) is 0. The van der Waals surface area contributed by atoms with E-state index in [0.29, 0.717) is 0 Å². The minimum atomic E-state index is 0.111. The maximum atomic E-state index is 4.74. The molecule has 0 aliphatic carbocycles. The van der Waals surface area contributed by atoms with E-state index in [4.69, 9.17) is 4.98 Å². The normalized spacial score (nSPS) is 17.3. The first-order valence-corrected chi connectivity index (χ1v) is 7.35. The van der Waals surface area contributed by atoms with Crippen LogP contribution in [0.15, 0.2) is 12.4 Å². The molecule has 1 N–H and O–H groups in total. The summed E-state index contributed by atoms with van der Waals surface area (Å²) >= 11 is 0. The highest BCUT2D eigenvalue weighted by molar-refractivity contribution is 5.36. The zero-order chi connectivity index (χ0) is 13.7. The first-order chi connectivity index (χ1) is 9.04. The number of rotatable bonds is 3. The lowest BCUT2D eigenvalue weighted by atomic mass is 10.1. The average Bonchev–Trinajstić information content (AvgIpc) is 2.65. The van der Waals surface area contributed by atoms with Crippen LogP contribution in [0.5, 0.6) is 0 Å². The second-order valence-corrected chi connectivity index (χ2v) is 6.37. The van der Waals surface area contributed by atoms with Gasteiger partial charge in [-0.3, -0.25) is 4.98 Å². The Morgan fingerprint density at radius 2 is 1.79 bits per heavy atom. The summed E-state index contributed by atoms with van der Waals surface area (Å²) < 4.78 is 0. The van der Waals surface area contributed by atoms with E-state index in [9.17, 15) is 0 Å². The predicted octanol–water partition coefficient (Wildman–Crippen LogP) is 2.75. The number of hydrogen-bond donors (Lipinski definition) is 1. The van der Waals surface area contributed by atoms with Gasteiger partial charge in [-0.2, -0.15) is 0 Å². The summed E-state index contributed by atoms with van der Waals surface area (Å²) in [6.07, 6.45) is 8.98. The van der Waals surface area contributed by atoms with Crippen LogP contribution in [0.4, 0.5) is 5.82 Å². The fraction of sp³-hybridized carbons (Fsp3) is 0.733. The van der Waals surface area contributed by atoms with E-state index >= 15 is 0 Å². The van der Waals surface area contributed by atoms with Crippen molar-refractivity contribution in [3.8, 4) is 0 Å². The molecule has 1 aromatic heterocycles. The summed E-state index contributed by atoms with van der Waals surface area (Å²) in [6.45, 7) is 9.51. The molecule has 1 fully saturated rings. The minimum Gasteiger partial charge on any atom is -0.355 e. The molecule has 4 heteroatoms. The Kier molecular flexibility index (Phi) is 4.75. The van der Waals surface area contributed by atoms with Gasteiger partial charge in [0, 0.05) is 31.4 Å². The number of anilines is 1. The molecule has 2 rings (SSSR count). The number of aromatic nitrogens is 2. The molecular weight excluding hydrogens is 236 g/mol. The maximum Gasteiger partial charge on any atom is 0.147 e. The molecule has 1 aliphatic rings. The molecule has 1 aromatic rings. The first kappa shape index (κ1) is 14.3. The van der Waals surface area contributed by atoms with Crippen molar-refractivity contribution >= 4 is 5.82 Å². The number of nitrogens with zero attached hydrogens (tertiary/aromatic N) is 3. The van der Waals surface area contributed by atoms with Crippen molar-refractivity contribution in [1.82, 2.24) is 15.3 Å². The van der Waals surface area contributed by atoms with E-state index in [1.54, 1.807) is 0 Å². The lowest BCUT2D eigenvalue weighted by Crippen LogP contribution is -2.35. The summed E-state index contributed by atoms with van der Waals surface area (Å²) in [4.78, 5) is 11.5. The van der Waals surface area contributed by atoms with Crippen molar-refractivity contribution < 1.29 is 0 Å². The SMILES string of the molecule is CC(C)(C)NCc1cncc(N2CCCCCC2)n1. The second kappa shape index (κ2) is 6.33. The first-order valence-electron chi connectivity index (χ1n) is 7.35. The summed E-state index contributed by atoms with van der Waals surface area (Å²) in [5.41, 5.74) is 1.14. The molecule has 2 heterocycles. The molecule has 106 valence electrons. The van der Waals surface area contributed by atoms with Gasteiger partial charge < -0.3 is 10.2 Å². The van der Waals surface area contributed by atoms with Gasteiger partial charge in [0.2, 0.25) is 0 Å². The average molecular weight is 262 g/mol. The molecule has 0 aromatic carbocycles. The Morgan fingerprint density at radius 1 is 1.11 bits per heavy atom. The smallest absolute Gasteiger partial charge is 0.147 e. The van der Waals surface area contributed by atoms with Gasteiger partial charge in [0.15, 0.2) is 0 Å². The van der Waals surface area contributed by atoms with Crippen LogP contribution in [0.3, 0.4) is 0 Å². The molecule has 4 nitrogen and oxygen atoms in total. The molecule has 0 saturated carbocycles. The molecule has 0 bridgehead atoms. The highest BCUT2D eigenvalue weighted by Crippen LogP contribution is 2.16. The second-order valence-electron chi connectivity index (χ2n) is 6.37. The van der Waals surface area contributed by atoms with E-state index in [1.165, 1.54) is 25.7 Å². The zero-order valence-electron chi connectivity index (χ0n) is 12.4. The number of nitrogens with one attached hydrogen (secondary N) is 1. The topological polar surface area (TPSA) is 41.1 Å². The highest BCUT2D eigenvalue weighted by atomic mass is 15.2. The van der Waals surface area contributed by atoms with E-state index in [1.807, 2.05) is 12.4 Å². The molecule has 0 spiro atoms. The quantitative estimate of drug-likeness (QED) is 0.909. The molecule has 0 unspecified atom stereocenters. The Hall–Kier alpha value is -1.16. The molecular formula is C15H26N4. The summed E-state index contributed by atoms with van der Waals surface area (Å²) in [6, 6.07) is 0. The predicted molar refractivity (Wildman–Crippen MR) is 79.3 cm³/mol. The largest absolute Gasteiger partial charge is 0.355 e. The monoisotopic (exact) mass is 262 g/mol. The van der Waals surface area contributed by atoms with E-state index in [0.717, 1.165) is 31.1 Å². The highest BCUT2D eigenvalue weighted by Gasteiger charge is 2.13. The standard InChI is InChI=1S/C15H26N4/c1-15(2,3)17-11-13-10-16-12-14(18-13)19-8-6-4-5-7-9-19/h10,12,17H,4-9,11H2,1-3H3. The molecule has 19 heavy (non-hydrogen) atoms. The van der Waals surface area contributed by atoms with Crippen LogP contribution in [0, 0.1) is 0 Å². The fourth-order valence-corrected chi connectivity index (χ4v) is 2.29. The van der Waals surface area contributed by atoms with E-state index in [-0.39, 0.29) is 5.54 Å². The third-order valence-corrected chi connectivity index (χ3v) is 3.40. The Bertz CT molecular complexity index is 389.